The summed E-state index contributed by atoms with van der Waals surface area (Å²) in [6, 6.07) is 8.42. The van der Waals surface area contributed by atoms with Gasteiger partial charge in [-0.15, -0.1) is 11.3 Å². The summed E-state index contributed by atoms with van der Waals surface area (Å²) in [5.74, 6) is -1.43. The molecular weight excluding hydrogens is 404 g/mol. The van der Waals surface area contributed by atoms with Crippen LogP contribution in [0, 0.1) is 6.92 Å². The number of methoxy groups -OCH3 is 2. The minimum Gasteiger partial charge on any atom is -0.465 e. The van der Waals surface area contributed by atoms with E-state index in [0.29, 0.717) is 5.52 Å². The highest BCUT2D eigenvalue weighted by atomic mass is 32.2. The van der Waals surface area contributed by atoms with Crippen LogP contribution in [0.15, 0.2) is 41.3 Å². The normalized spacial score (nSPS) is 11.2. The van der Waals surface area contributed by atoms with E-state index in [1.807, 2.05) is 6.92 Å². The molecule has 0 fully saturated rings. The molecule has 8 nitrogen and oxygen atoms in total. The van der Waals surface area contributed by atoms with Gasteiger partial charge in [-0.25, -0.2) is 23.0 Å². The third kappa shape index (κ3) is 3.97. The van der Waals surface area contributed by atoms with Crippen molar-refractivity contribution in [2.75, 3.05) is 18.9 Å². The van der Waals surface area contributed by atoms with Crippen LogP contribution in [-0.4, -0.2) is 39.6 Å². The number of hydrogen-bond acceptors (Lipinski definition) is 8. The number of sulfonamides is 1. The molecule has 3 rings (SSSR count). The maximum absolute atomic E-state index is 12.8. The van der Waals surface area contributed by atoms with E-state index in [1.165, 1.54) is 55.9 Å². The Balaban J connectivity index is 2.02. The van der Waals surface area contributed by atoms with Crippen LogP contribution in [0.3, 0.4) is 0 Å². The van der Waals surface area contributed by atoms with Crippen LogP contribution < -0.4 is 4.72 Å². The van der Waals surface area contributed by atoms with E-state index in [-0.39, 0.29) is 21.7 Å². The number of anilines is 1. The van der Waals surface area contributed by atoms with E-state index in [4.69, 9.17) is 0 Å². The van der Waals surface area contributed by atoms with E-state index < -0.39 is 22.0 Å². The molecule has 0 unspecified atom stereocenters. The van der Waals surface area contributed by atoms with Crippen molar-refractivity contribution in [2.24, 2.45) is 0 Å². The van der Waals surface area contributed by atoms with Gasteiger partial charge < -0.3 is 9.47 Å². The monoisotopic (exact) mass is 420 g/mol. The maximum atomic E-state index is 12.8. The first-order valence-corrected chi connectivity index (χ1v) is 10.2. The van der Waals surface area contributed by atoms with Crippen LogP contribution in [-0.2, 0) is 19.5 Å². The molecule has 0 saturated heterocycles. The average Bonchev–Trinajstić information content (AvgIpc) is 3.05. The molecule has 0 spiro atoms. The molecule has 0 aliphatic heterocycles. The number of nitrogens with zero attached hydrogens (tertiary/aromatic N) is 1. The Hall–Kier alpha value is -2.98. The van der Waals surface area contributed by atoms with Crippen molar-refractivity contribution in [1.82, 2.24) is 4.98 Å². The fourth-order valence-corrected chi connectivity index (χ4v) is 4.57. The Bertz CT molecular complexity index is 1150. The van der Waals surface area contributed by atoms with Crippen molar-refractivity contribution in [3.05, 3.63) is 52.5 Å². The van der Waals surface area contributed by atoms with Gasteiger partial charge in [-0.2, -0.15) is 0 Å². The summed E-state index contributed by atoms with van der Waals surface area (Å²) in [5, 5.41) is 0.825. The highest BCUT2D eigenvalue weighted by Gasteiger charge is 2.19. The van der Waals surface area contributed by atoms with E-state index in [9.17, 15) is 18.0 Å². The summed E-state index contributed by atoms with van der Waals surface area (Å²) in [6.45, 7) is 1.84. The van der Waals surface area contributed by atoms with E-state index >= 15 is 0 Å². The molecule has 10 heteroatoms. The van der Waals surface area contributed by atoms with Crippen LogP contribution >= 0.6 is 11.3 Å². The molecule has 28 heavy (non-hydrogen) atoms. The lowest BCUT2D eigenvalue weighted by Gasteiger charge is -2.11. The van der Waals surface area contributed by atoms with Crippen molar-refractivity contribution in [1.29, 1.82) is 0 Å². The Morgan fingerprint density at radius 2 is 1.61 bits per heavy atom. The first-order chi connectivity index (χ1) is 13.2. The number of thiazole rings is 1. The number of aryl methyl sites for hydroxylation is 1. The van der Waals surface area contributed by atoms with E-state index in [0.717, 1.165) is 9.71 Å². The molecule has 2 aromatic carbocycles. The van der Waals surface area contributed by atoms with Gasteiger partial charge in [-0.3, -0.25) is 4.72 Å². The molecule has 1 N–H and O–H groups in total. The number of esters is 2. The van der Waals surface area contributed by atoms with Crippen LogP contribution in [0.25, 0.3) is 10.2 Å². The highest BCUT2D eigenvalue weighted by Crippen LogP contribution is 2.26. The van der Waals surface area contributed by atoms with Gasteiger partial charge >= 0.3 is 11.9 Å². The van der Waals surface area contributed by atoms with Gasteiger partial charge in [0, 0.05) is 0 Å². The van der Waals surface area contributed by atoms with Crippen molar-refractivity contribution >= 4 is 49.2 Å². The number of carbonyl (C=O) groups excluding carboxylic acids is 2. The summed E-state index contributed by atoms with van der Waals surface area (Å²) in [4.78, 5) is 28.0. The molecule has 1 aromatic heterocycles. The fraction of sp³-hybridized carbons (Fsp3) is 0.167. The molecule has 0 atom stereocenters. The Morgan fingerprint density at radius 3 is 2.18 bits per heavy atom. The summed E-state index contributed by atoms with van der Waals surface area (Å²) in [6.07, 6.45) is 0. The van der Waals surface area contributed by atoms with Crippen molar-refractivity contribution in [2.45, 2.75) is 11.8 Å². The minimum absolute atomic E-state index is 0.0108. The predicted molar refractivity (Wildman–Crippen MR) is 104 cm³/mol. The maximum Gasteiger partial charge on any atom is 0.337 e. The van der Waals surface area contributed by atoms with Gasteiger partial charge in [0.1, 0.15) is 0 Å². The van der Waals surface area contributed by atoms with E-state index in [2.05, 4.69) is 19.2 Å². The van der Waals surface area contributed by atoms with Crippen LogP contribution in [0.5, 0.6) is 0 Å². The number of fused-ring (bicyclic) bond motifs is 1. The summed E-state index contributed by atoms with van der Waals surface area (Å²) in [5.41, 5.74) is 0.763. The summed E-state index contributed by atoms with van der Waals surface area (Å²) in [7, 11) is -1.60. The van der Waals surface area contributed by atoms with Crippen molar-refractivity contribution < 1.29 is 27.5 Å². The van der Waals surface area contributed by atoms with Crippen LogP contribution in [0.4, 0.5) is 5.69 Å². The number of benzene rings is 2. The molecule has 3 aromatic rings. The first kappa shape index (κ1) is 19.8. The Labute approximate surface area is 165 Å². The van der Waals surface area contributed by atoms with Gasteiger partial charge in [0.15, 0.2) is 0 Å². The SMILES string of the molecule is COC(=O)c1cc(NS(=O)(=O)c2ccc3nc(C)sc3c2)cc(C(=O)OC)c1. The second kappa shape index (κ2) is 7.56. The summed E-state index contributed by atoms with van der Waals surface area (Å²) < 4.78 is 38.0. The number of aromatic nitrogens is 1. The second-order valence-corrected chi connectivity index (χ2v) is 8.67. The Morgan fingerprint density at radius 1 is 1.00 bits per heavy atom. The van der Waals surface area contributed by atoms with Crippen molar-refractivity contribution in [3.8, 4) is 0 Å². The smallest absolute Gasteiger partial charge is 0.337 e. The zero-order valence-electron chi connectivity index (χ0n) is 15.2. The molecule has 0 amide bonds. The third-order valence-electron chi connectivity index (χ3n) is 3.80. The predicted octanol–water partition coefficient (Wildman–Crippen LogP) is 2.98. The molecule has 1 heterocycles. The Kier molecular flexibility index (Phi) is 5.34. The zero-order chi connectivity index (χ0) is 20.5. The van der Waals surface area contributed by atoms with Crippen molar-refractivity contribution in [3.63, 3.8) is 0 Å². The van der Waals surface area contributed by atoms with Gasteiger partial charge in [-0.05, 0) is 43.3 Å². The first-order valence-electron chi connectivity index (χ1n) is 7.95. The van der Waals surface area contributed by atoms with Crippen LogP contribution in [0.1, 0.15) is 25.7 Å². The molecule has 146 valence electrons. The minimum atomic E-state index is -3.97. The number of hydrogen-bond donors (Lipinski definition) is 1. The number of carbonyl (C=O) groups is 2. The number of ether oxygens (including phenoxy) is 2. The topological polar surface area (TPSA) is 112 Å². The standard InChI is InChI=1S/C18H16N2O6S2/c1-10-19-15-5-4-14(9-16(15)27-10)28(23,24)20-13-7-11(17(21)25-2)6-12(8-13)18(22)26-3/h4-9,20H,1-3H3. The second-order valence-electron chi connectivity index (χ2n) is 5.75. The molecule has 0 saturated carbocycles. The molecular formula is C18H16N2O6S2. The largest absolute Gasteiger partial charge is 0.465 e. The van der Waals surface area contributed by atoms with Gasteiger partial charge in [0.25, 0.3) is 10.0 Å². The molecule has 0 bridgehead atoms. The number of nitrogens with one attached hydrogen (secondary N) is 1. The van der Waals surface area contributed by atoms with Crippen LogP contribution in [0.2, 0.25) is 0 Å². The van der Waals surface area contributed by atoms with E-state index in [1.54, 1.807) is 6.07 Å². The number of rotatable bonds is 5. The molecule has 0 aliphatic carbocycles. The van der Waals surface area contributed by atoms with Gasteiger partial charge in [0.05, 0.1) is 51.2 Å². The lowest BCUT2D eigenvalue weighted by molar-refractivity contribution is 0.0599. The van der Waals surface area contributed by atoms with Gasteiger partial charge in [-0.1, -0.05) is 0 Å². The third-order valence-corrected chi connectivity index (χ3v) is 6.12. The lowest BCUT2D eigenvalue weighted by atomic mass is 10.1. The quantitative estimate of drug-likeness (QED) is 0.632. The summed E-state index contributed by atoms with van der Waals surface area (Å²) >= 11 is 1.38. The average molecular weight is 420 g/mol. The molecule has 0 aliphatic rings. The molecule has 0 radical (unpaired) electrons. The lowest BCUT2D eigenvalue weighted by Crippen LogP contribution is -2.15. The zero-order valence-corrected chi connectivity index (χ0v) is 16.8. The highest BCUT2D eigenvalue weighted by molar-refractivity contribution is 7.92. The van der Waals surface area contributed by atoms with Gasteiger partial charge in [0.2, 0.25) is 0 Å². The fourth-order valence-electron chi connectivity index (χ4n) is 2.56.